The maximum Gasteiger partial charge on any atom is 0.244 e. The van der Waals surface area contributed by atoms with Crippen molar-refractivity contribution in [1.29, 1.82) is 0 Å². The molecule has 0 spiro atoms. The fraction of sp³-hybridized carbons (Fsp3) is 0.611. The van der Waals surface area contributed by atoms with Crippen LogP contribution >= 0.6 is 24.0 Å². The van der Waals surface area contributed by atoms with Gasteiger partial charge in [0.25, 0.3) is 0 Å². The van der Waals surface area contributed by atoms with Gasteiger partial charge in [-0.25, -0.2) is 8.42 Å². The Balaban J connectivity index is 0.00000243. The molecule has 1 saturated heterocycles. The van der Waals surface area contributed by atoms with Crippen molar-refractivity contribution in [2.24, 2.45) is 11.7 Å². The van der Waals surface area contributed by atoms with Crippen molar-refractivity contribution >= 4 is 39.8 Å². The zero-order valence-electron chi connectivity index (χ0n) is 14.9. The van der Waals surface area contributed by atoms with Gasteiger partial charge in [0.15, 0.2) is 14.6 Å². The molecule has 1 aliphatic heterocycles. The van der Waals surface area contributed by atoms with Crippen LogP contribution in [-0.2, 0) is 14.6 Å². The number of rotatable bonds is 4. The Kier molecular flexibility index (Phi) is 6.65. The van der Waals surface area contributed by atoms with E-state index in [4.69, 9.17) is 17.3 Å². The molecule has 1 aromatic rings. The van der Waals surface area contributed by atoms with Crippen LogP contribution in [-0.4, -0.2) is 43.1 Å². The summed E-state index contributed by atoms with van der Waals surface area (Å²) in [6.45, 7) is 3.05. The second kappa shape index (κ2) is 8.05. The quantitative estimate of drug-likeness (QED) is 0.811. The van der Waals surface area contributed by atoms with Gasteiger partial charge in [-0.1, -0.05) is 24.4 Å². The predicted octanol–water partition coefficient (Wildman–Crippen LogP) is 3.04. The van der Waals surface area contributed by atoms with Crippen LogP contribution in [0.1, 0.15) is 39.0 Å². The first-order chi connectivity index (χ1) is 11.8. The average molecular weight is 421 g/mol. The molecule has 0 aromatic heterocycles. The van der Waals surface area contributed by atoms with Crippen LogP contribution in [0.4, 0.5) is 0 Å². The summed E-state index contributed by atoms with van der Waals surface area (Å²) in [5.74, 6) is -0.000890. The van der Waals surface area contributed by atoms with Crippen LogP contribution in [0.25, 0.3) is 0 Å². The largest absolute Gasteiger partial charge is 0.338 e. The van der Waals surface area contributed by atoms with Gasteiger partial charge in [0.2, 0.25) is 5.91 Å². The van der Waals surface area contributed by atoms with Gasteiger partial charge in [-0.15, -0.1) is 12.4 Å². The molecule has 2 aliphatic rings. The maximum absolute atomic E-state index is 13.4. The summed E-state index contributed by atoms with van der Waals surface area (Å²) in [5.41, 5.74) is 5.77. The number of amides is 1. The minimum absolute atomic E-state index is 0. The van der Waals surface area contributed by atoms with E-state index in [0.29, 0.717) is 31.0 Å². The molecule has 5 nitrogen and oxygen atoms in total. The molecule has 1 saturated carbocycles. The third kappa shape index (κ3) is 3.49. The standard InChI is InChI=1S/C18H25ClN2O3S.ClH/c1-13-10-14(11-20)12-21(13)17(22)18(8-2-3-9-18)25(23,24)16-6-4-15(19)5-7-16;/h4-7,13-14H,2-3,8-12,20H2,1H3;1H. The minimum atomic E-state index is -3.78. The highest BCUT2D eigenvalue weighted by Gasteiger charge is 2.55. The molecule has 1 heterocycles. The average Bonchev–Trinajstić information content (AvgIpc) is 3.22. The van der Waals surface area contributed by atoms with E-state index in [1.807, 2.05) is 6.92 Å². The minimum Gasteiger partial charge on any atom is -0.338 e. The topological polar surface area (TPSA) is 80.5 Å². The second-order valence-electron chi connectivity index (χ2n) is 7.30. The van der Waals surface area contributed by atoms with Crippen molar-refractivity contribution in [3.05, 3.63) is 29.3 Å². The lowest BCUT2D eigenvalue weighted by Gasteiger charge is -2.34. The maximum atomic E-state index is 13.4. The number of carbonyl (C=O) groups is 1. The van der Waals surface area contributed by atoms with Gasteiger partial charge >= 0.3 is 0 Å². The summed E-state index contributed by atoms with van der Waals surface area (Å²) in [4.78, 5) is 15.3. The first-order valence-electron chi connectivity index (χ1n) is 8.83. The van der Waals surface area contributed by atoms with Crippen LogP contribution in [0.2, 0.25) is 5.02 Å². The zero-order valence-corrected chi connectivity index (χ0v) is 17.2. The molecule has 1 amide bonds. The Morgan fingerprint density at radius 3 is 2.35 bits per heavy atom. The summed E-state index contributed by atoms with van der Waals surface area (Å²) >= 11 is 5.89. The summed E-state index contributed by atoms with van der Waals surface area (Å²) in [7, 11) is -3.78. The van der Waals surface area contributed by atoms with E-state index in [1.54, 1.807) is 17.0 Å². The van der Waals surface area contributed by atoms with Crippen molar-refractivity contribution in [3.8, 4) is 0 Å². The molecule has 2 N–H and O–H groups in total. The van der Waals surface area contributed by atoms with E-state index in [0.717, 1.165) is 19.3 Å². The van der Waals surface area contributed by atoms with Crippen molar-refractivity contribution < 1.29 is 13.2 Å². The molecule has 1 aliphatic carbocycles. The summed E-state index contributed by atoms with van der Waals surface area (Å²) in [6, 6.07) is 6.15. The highest BCUT2D eigenvalue weighted by Crippen LogP contribution is 2.43. The number of nitrogens with two attached hydrogens (primary N) is 1. The Labute approximate surface area is 166 Å². The highest BCUT2D eigenvalue weighted by atomic mass is 35.5. The number of nitrogens with zero attached hydrogens (tertiary/aromatic N) is 1. The molecule has 26 heavy (non-hydrogen) atoms. The molecule has 2 atom stereocenters. The monoisotopic (exact) mass is 420 g/mol. The molecule has 1 aromatic carbocycles. The number of benzene rings is 1. The van der Waals surface area contributed by atoms with Crippen LogP contribution in [0.15, 0.2) is 29.2 Å². The second-order valence-corrected chi connectivity index (χ2v) is 10.00. The van der Waals surface area contributed by atoms with Gasteiger partial charge in [0.1, 0.15) is 0 Å². The lowest BCUT2D eigenvalue weighted by Crippen LogP contribution is -2.53. The zero-order chi connectivity index (χ0) is 18.2. The molecule has 146 valence electrons. The van der Waals surface area contributed by atoms with Crippen molar-refractivity contribution in [1.82, 2.24) is 4.90 Å². The van der Waals surface area contributed by atoms with Crippen molar-refractivity contribution in [2.45, 2.75) is 54.7 Å². The molecule has 2 unspecified atom stereocenters. The van der Waals surface area contributed by atoms with E-state index in [2.05, 4.69) is 0 Å². The lowest BCUT2D eigenvalue weighted by molar-refractivity contribution is -0.134. The van der Waals surface area contributed by atoms with E-state index in [9.17, 15) is 13.2 Å². The van der Waals surface area contributed by atoms with Crippen LogP contribution < -0.4 is 5.73 Å². The van der Waals surface area contributed by atoms with Crippen LogP contribution in [0.3, 0.4) is 0 Å². The highest BCUT2D eigenvalue weighted by molar-refractivity contribution is 7.93. The normalized spacial score (nSPS) is 25.1. The van der Waals surface area contributed by atoms with Crippen molar-refractivity contribution in [2.75, 3.05) is 13.1 Å². The number of halogens is 2. The number of sulfone groups is 1. The third-order valence-corrected chi connectivity index (χ3v) is 8.45. The molecular formula is C18H26Cl2N2O3S. The molecule has 0 radical (unpaired) electrons. The number of hydrogen-bond donors (Lipinski definition) is 1. The molecule has 0 bridgehead atoms. The Morgan fingerprint density at radius 2 is 1.85 bits per heavy atom. The van der Waals surface area contributed by atoms with Gasteiger partial charge in [0.05, 0.1) is 4.90 Å². The Bertz CT molecular complexity index is 746. The number of likely N-dealkylation sites (tertiary alicyclic amines) is 1. The fourth-order valence-electron chi connectivity index (χ4n) is 4.24. The van der Waals surface area contributed by atoms with Gasteiger partial charge in [-0.2, -0.15) is 0 Å². The number of hydrogen-bond acceptors (Lipinski definition) is 4. The van der Waals surface area contributed by atoms with E-state index in [1.165, 1.54) is 12.1 Å². The Morgan fingerprint density at radius 1 is 1.27 bits per heavy atom. The SMILES string of the molecule is CC1CC(CN)CN1C(=O)C1(S(=O)(=O)c2ccc(Cl)cc2)CCCC1.Cl. The lowest BCUT2D eigenvalue weighted by atomic mass is 10.0. The van der Waals surface area contributed by atoms with Crippen molar-refractivity contribution in [3.63, 3.8) is 0 Å². The molecule has 2 fully saturated rings. The first-order valence-corrected chi connectivity index (χ1v) is 10.7. The Hall–Kier alpha value is -0.820. The van der Waals surface area contributed by atoms with Gasteiger partial charge in [0, 0.05) is 17.6 Å². The first kappa shape index (κ1) is 21.5. The summed E-state index contributed by atoms with van der Waals surface area (Å²) in [5, 5.41) is 0.477. The van der Waals surface area contributed by atoms with E-state index in [-0.39, 0.29) is 35.2 Å². The van der Waals surface area contributed by atoms with Crippen LogP contribution in [0.5, 0.6) is 0 Å². The molecule has 3 rings (SSSR count). The summed E-state index contributed by atoms with van der Waals surface area (Å²) < 4.78 is 25.5. The fourth-order valence-corrected chi connectivity index (χ4v) is 6.49. The number of carbonyl (C=O) groups excluding carboxylic acids is 1. The van der Waals surface area contributed by atoms with Crippen LogP contribution in [0, 0.1) is 5.92 Å². The van der Waals surface area contributed by atoms with Gasteiger partial charge in [-0.05, 0) is 62.9 Å². The van der Waals surface area contributed by atoms with E-state index >= 15 is 0 Å². The molecular weight excluding hydrogens is 395 g/mol. The van der Waals surface area contributed by atoms with Gasteiger partial charge < -0.3 is 10.6 Å². The van der Waals surface area contributed by atoms with E-state index < -0.39 is 14.6 Å². The van der Waals surface area contributed by atoms with Gasteiger partial charge in [-0.3, -0.25) is 4.79 Å². The molecule has 8 heteroatoms. The third-order valence-electron chi connectivity index (χ3n) is 5.69. The smallest absolute Gasteiger partial charge is 0.244 e. The summed E-state index contributed by atoms with van der Waals surface area (Å²) in [6.07, 6.45) is 3.10. The predicted molar refractivity (Wildman–Crippen MR) is 105 cm³/mol.